The summed E-state index contributed by atoms with van der Waals surface area (Å²) in [6.45, 7) is 5.87. The number of likely N-dealkylation sites (tertiary alicyclic amines) is 1. The number of hydrogen-bond donors (Lipinski definition) is 1. The van der Waals surface area contributed by atoms with Gasteiger partial charge in [0.15, 0.2) is 0 Å². The Morgan fingerprint density at radius 1 is 1.35 bits per heavy atom. The number of benzene rings is 1. The van der Waals surface area contributed by atoms with Gasteiger partial charge in [0.2, 0.25) is 0 Å². The zero-order valence-electron chi connectivity index (χ0n) is 10.5. The molecular weight excluding hydrogens is 276 g/mol. The van der Waals surface area contributed by atoms with Gasteiger partial charge in [-0.1, -0.05) is 13.0 Å². The van der Waals surface area contributed by atoms with Gasteiger partial charge in [-0.15, -0.1) is 0 Å². The van der Waals surface area contributed by atoms with Gasteiger partial charge >= 0.3 is 0 Å². The maximum atomic E-state index is 5.80. The molecule has 1 aromatic rings. The largest absolute Gasteiger partial charge is 0.398 e. The third-order valence-electron chi connectivity index (χ3n) is 3.58. The van der Waals surface area contributed by atoms with E-state index in [1.165, 1.54) is 37.9 Å². The number of rotatable bonds is 2. The molecule has 2 nitrogen and oxygen atoms in total. The molecule has 0 bridgehead atoms. The van der Waals surface area contributed by atoms with Crippen molar-refractivity contribution in [1.82, 2.24) is 4.90 Å². The van der Waals surface area contributed by atoms with Gasteiger partial charge in [-0.05, 0) is 71.9 Å². The standard InChI is InChI=1S/C14H21BrN2/c1-11-3-2-7-17(8-6-11)10-12-4-5-14(16)13(15)9-12/h4-5,9,11H,2-3,6-8,10,16H2,1H3. The molecule has 0 aliphatic carbocycles. The van der Waals surface area contributed by atoms with Crippen molar-refractivity contribution >= 4 is 21.6 Å². The van der Waals surface area contributed by atoms with E-state index >= 15 is 0 Å². The van der Waals surface area contributed by atoms with Crippen LogP contribution in [0.1, 0.15) is 31.7 Å². The summed E-state index contributed by atoms with van der Waals surface area (Å²) in [5.41, 5.74) is 7.97. The van der Waals surface area contributed by atoms with Gasteiger partial charge in [-0.2, -0.15) is 0 Å². The predicted molar refractivity (Wildman–Crippen MR) is 76.8 cm³/mol. The van der Waals surface area contributed by atoms with Crippen molar-refractivity contribution in [2.75, 3.05) is 18.8 Å². The predicted octanol–water partition coefficient (Wildman–Crippen LogP) is 3.65. The van der Waals surface area contributed by atoms with Crippen LogP contribution in [-0.2, 0) is 6.54 Å². The van der Waals surface area contributed by atoms with E-state index in [4.69, 9.17) is 5.73 Å². The minimum Gasteiger partial charge on any atom is -0.398 e. The van der Waals surface area contributed by atoms with Crippen LogP contribution < -0.4 is 5.73 Å². The molecule has 1 unspecified atom stereocenters. The van der Waals surface area contributed by atoms with E-state index in [1.807, 2.05) is 6.07 Å². The summed E-state index contributed by atoms with van der Waals surface area (Å²) in [6, 6.07) is 6.26. The molecule has 0 radical (unpaired) electrons. The first kappa shape index (κ1) is 12.9. The second-order valence-electron chi connectivity index (χ2n) is 5.17. The van der Waals surface area contributed by atoms with Crippen LogP contribution in [0.2, 0.25) is 0 Å². The summed E-state index contributed by atoms with van der Waals surface area (Å²) in [4.78, 5) is 2.56. The third kappa shape index (κ3) is 3.71. The Hall–Kier alpha value is -0.540. The van der Waals surface area contributed by atoms with Gasteiger partial charge in [0.25, 0.3) is 0 Å². The van der Waals surface area contributed by atoms with Crippen LogP contribution in [0.15, 0.2) is 22.7 Å². The van der Waals surface area contributed by atoms with Gasteiger partial charge in [-0.3, -0.25) is 4.90 Å². The molecule has 94 valence electrons. The molecule has 1 aromatic carbocycles. The van der Waals surface area contributed by atoms with E-state index < -0.39 is 0 Å². The van der Waals surface area contributed by atoms with Gasteiger partial charge < -0.3 is 5.73 Å². The van der Waals surface area contributed by atoms with Crippen LogP contribution in [0.3, 0.4) is 0 Å². The van der Waals surface area contributed by atoms with E-state index in [-0.39, 0.29) is 0 Å². The summed E-state index contributed by atoms with van der Waals surface area (Å²) in [6.07, 6.45) is 4.04. The smallest absolute Gasteiger partial charge is 0.0458 e. The van der Waals surface area contributed by atoms with E-state index in [2.05, 4.69) is 39.9 Å². The number of nitrogen functional groups attached to an aromatic ring is 1. The number of nitrogens with two attached hydrogens (primary N) is 1. The normalized spacial score (nSPS) is 22.4. The molecule has 1 atom stereocenters. The molecule has 1 saturated heterocycles. The lowest BCUT2D eigenvalue weighted by atomic mass is 10.0. The molecule has 1 aliphatic heterocycles. The van der Waals surface area contributed by atoms with Crippen LogP contribution in [0.5, 0.6) is 0 Å². The van der Waals surface area contributed by atoms with Gasteiger partial charge in [0.05, 0.1) is 0 Å². The second kappa shape index (κ2) is 5.87. The first-order valence-electron chi connectivity index (χ1n) is 6.41. The maximum absolute atomic E-state index is 5.80. The molecule has 1 heterocycles. The third-order valence-corrected chi connectivity index (χ3v) is 4.27. The first-order valence-corrected chi connectivity index (χ1v) is 7.20. The molecule has 0 amide bonds. The van der Waals surface area contributed by atoms with Crippen LogP contribution in [0.25, 0.3) is 0 Å². The molecule has 0 saturated carbocycles. The van der Waals surface area contributed by atoms with Crippen molar-refractivity contribution in [3.63, 3.8) is 0 Å². The summed E-state index contributed by atoms with van der Waals surface area (Å²) in [5, 5.41) is 0. The molecule has 2 N–H and O–H groups in total. The van der Waals surface area contributed by atoms with Crippen LogP contribution in [0, 0.1) is 5.92 Å². The number of nitrogens with zero attached hydrogens (tertiary/aromatic N) is 1. The highest BCUT2D eigenvalue weighted by molar-refractivity contribution is 9.10. The van der Waals surface area contributed by atoms with Crippen molar-refractivity contribution < 1.29 is 0 Å². The molecule has 17 heavy (non-hydrogen) atoms. The molecule has 1 fully saturated rings. The fraction of sp³-hybridized carbons (Fsp3) is 0.571. The quantitative estimate of drug-likeness (QED) is 0.844. The average molecular weight is 297 g/mol. The second-order valence-corrected chi connectivity index (χ2v) is 6.02. The highest BCUT2D eigenvalue weighted by Crippen LogP contribution is 2.23. The van der Waals surface area contributed by atoms with E-state index in [1.54, 1.807) is 0 Å². The topological polar surface area (TPSA) is 29.3 Å². The lowest BCUT2D eigenvalue weighted by molar-refractivity contribution is 0.273. The van der Waals surface area contributed by atoms with Gasteiger partial charge in [0.1, 0.15) is 0 Å². The van der Waals surface area contributed by atoms with E-state index in [9.17, 15) is 0 Å². The van der Waals surface area contributed by atoms with Crippen molar-refractivity contribution in [2.45, 2.75) is 32.7 Å². The fourth-order valence-electron chi connectivity index (χ4n) is 2.41. The average Bonchev–Trinajstić information content (AvgIpc) is 2.49. The first-order chi connectivity index (χ1) is 8.15. The minimum absolute atomic E-state index is 0.818. The van der Waals surface area contributed by atoms with Crippen LogP contribution in [0.4, 0.5) is 5.69 Å². The lowest BCUT2D eigenvalue weighted by Gasteiger charge is -2.20. The van der Waals surface area contributed by atoms with Crippen molar-refractivity contribution in [1.29, 1.82) is 0 Å². The van der Waals surface area contributed by atoms with Crippen molar-refractivity contribution in [3.05, 3.63) is 28.2 Å². The highest BCUT2D eigenvalue weighted by atomic mass is 79.9. The monoisotopic (exact) mass is 296 g/mol. The van der Waals surface area contributed by atoms with Gasteiger partial charge in [0, 0.05) is 16.7 Å². The summed E-state index contributed by atoms with van der Waals surface area (Å²) in [7, 11) is 0. The van der Waals surface area contributed by atoms with Crippen molar-refractivity contribution in [3.8, 4) is 0 Å². The molecule has 3 heteroatoms. The highest BCUT2D eigenvalue weighted by Gasteiger charge is 2.13. The maximum Gasteiger partial charge on any atom is 0.0458 e. The Labute approximate surface area is 112 Å². The number of anilines is 1. The van der Waals surface area contributed by atoms with Crippen molar-refractivity contribution in [2.24, 2.45) is 5.92 Å². The zero-order chi connectivity index (χ0) is 12.3. The van der Waals surface area contributed by atoms with Crippen LogP contribution in [-0.4, -0.2) is 18.0 Å². The zero-order valence-corrected chi connectivity index (χ0v) is 12.0. The lowest BCUT2D eigenvalue weighted by Crippen LogP contribution is -2.24. The van der Waals surface area contributed by atoms with E-state index in [0.717, 1.165) is 22.6 Å². The number of halogens is 1. The van der Waals surface area contributed by atoms with Gasteiger partial charge in [-0.25, -0.2) is 0 Å². The Morgan fingerprint density at radius 2 is 2.18 bits per heavy atom. The Morgan fingerprint density at radius 3 is 2.94 bits per heavy atom. The van der Waals surface area contributed by atoms with E-state index in [0.29, 0.717) is 0 Å². The molecular formula is C14H21BrN2. The molecule has 1 aliphatic rings. The Kier molecular flexibility index (Phi) is 4.46. The summed E-state index contributed by atoms with van der Waals surface area (Å²) in [5.74, 6) is 0.887. The number of hydrogen-bond acceptors (Lipinski definition) is 2. The Balaban J connectivity index is 1.97. The Bertz CT molecular complexity index is 378. The van der Waals surface area contributed by atoms with Crippen LogP contribution >= 0.6 is 15.9 Å². The molecule has 2 rings (SSSR count). The summed E-state index contributed by atoms with van der Waals surface area (Å²) >= 11 is 3.49. The fourth-order valence-corrected chi connectivity index (χ4v) is 2.83. The summed E-state index contributed by atoms with van der Waals surface area (Å²) < 4.78 is 1.01. The minimum atomic E-state index is 0.818. The molecule has 0 aromatic heterocycles. The molecule has 0 spiro atoms. The SMILES string of the molecule is CC1CCCN(Cc2ccc(N)c(Br)c2)CC1.